The van der Waals surface area contributed by atoms with Crippen LogP contribution in [0.4, 0.5) is 5.69 Å². The lowest BCUT2D eigenvalue weighted by Crippen LogP contribution is -2.31. The number of nitrogens with one attached hydrogen (secondary N) is 2. The van der Waals surface area contributed by atoms with Gasteiger partial charge in [0.2, 0.25) is 0 Å². The summed E-state index contributed by atoms with van der Waals surface area (Å²) in [6, 6.07) is 16.6. The molecule has 0 saturated carbocycles. The SMILES string of the molecule is Cc1ccc(Cl)cc1NC1NC(=O)/C(=C/c2cc(C)n(-c3ccc(C(C)(C)C)cc3)c2C)S1. The van der Waals surface area contributed by atoms with Crippen molar-refractivity contribution in [1.82, 2.24) is 9.88 Å². The molecule has 2 heterocycles. The highest BCUT2D eigenvalue weighted by molar-refractivity contribution is 8.05. The second kappa shape index (κ2) is 8.96. The van der Waals surface area contributed by atoms with Crippen LogP contribution in [0.5, 0.6) is 0 Å². The van der Waals surface area contributed by atoms with Crippen LogP contribution in [0.1, 0.15) is 48.8 Å². The van der Waals surface area contributed by atoms with Crippen LogP contribution in [0, 0.1) is 20.8 Å². The molecule has 172 valence electrons. The predicted molar refractivity (Wildman–Crippen MR) is 141 cm³/mol. The van der Waals surface area contributed by atoms with E-state index in [2.05, 4.69) is 80.2 Å². The normalized spacial score (nSPS) is 17.5. The van der Waals surface area contributed by atoms with E-state index in [1.165, 1.54) is 17.3 Å². The third-order valence-electron chi connectivity index (χ3n) is 5.97. The van der Waals surface area contributed by atoms with Gasteiger partial charge < -0.3 is 15.2 Å². The minimum Gasteiger partial charge on any atom is -0.356 e. The number of hydrogen-bond donors (Lipinski definition) is 2. The maximum Gasteiger partial charge on any atom is 0.260 e. The second-order valence-electron chi connectivity index (χ2n) is 9.54. The molecule has 4 rings (SSSR count). The number of amides is 1. The third-order valence-corrected chi connectivity index (χ3v) is 7.23. The predicted octanol–water partition coefficient (Wildman–Crippen LogP) is 6.95. The minimum atomic E-state index is -0.241. The van der Waals surface area contributed by atoms with Crippen LogP contribution in [0.25, 0.3) is 11.8 Å². The molecule has 6 heteroatoms. The zero-order chi connectivity index (χ0) is 23.9. The summed E-state index contributed by atoms with van der Waals surface area (Å²) in [5, 5.41) is 7.04. The van der Waals surface area contributed by atoms with Crippen molar-refractivity contribution in [1.29, 1.82) is 0 Å². The summed E-state index contributed by atoms with van der Waals surface area (Å²) >= 11 is 7.62. The van der Waals surface area contributed by atoms with E-state index >= 15 is 0 Å². The summed E-state index contributed by atoms with van der Waals surface area (Å²) in [7, 11) is 0. The molecule has 0 radical (unpaired) electrons. The molecule has 3 aromatic rings. The molecule has 1 aliphatic rings. The number of nitrogens with zero attached hydrogens (tertiary/aromatic N) is 1. The van der Waals surface area contributed by atoms with E-state index in [1.54, 1.807) is 0 Å². The fourth-order valence-corrected chi connectivity index (χ4v) is 5.18. The van der Waals surface area contributed by atoms with Gasteiger partial charge in [-0.2, -0.15) is 0 Å². The molecule has 1 unspecified atom stereocenters. The largest absolute Gasteiger partial charge is 0.356 e. The van der Waals surface area contributed by atoms with Crippen molar-refractivity contribution in [2.45, 2.75) is 52.5 Å². The molecule has 1 atom stereocenters. The third kappa shape index (κ3) is 4.99. The fraction of sp³-hybridized carbons (Fsp3) is 0.296. The molecule has 0 aliphatic carbocycles. The molecular weight excluding hydrogens is 450 g/mol. The van der Waals surface area contributed by atoms with Crippen LogP contribution in [0.2, 0.25) is 5.02 Å². The van der Waals surface area contributed by atoms with Gasteiger partial charge >= 0.3 is 0 Å². The Morgan fingerprint density at radius 3 is 2.42 bits per heavy atom. The Kier molecular flexibility index (Phi) is 6.39. The topological polar surface area (TPSA) is 46.1 Å². The number of halogens is 1. The zero-order valence-electron chi connectivity index (χ0n) is 19.9. The van der Waals surface area contributed by atoms with E-state index in [-0.39, 0.29) is 16.8 Å². The molecule has 0 bridgehead atoms. The van der Waals surface area contributed by atoms with Crippen LogP contribution >= 0.6 is 23.4 Å². The maximum absolute atomic E-state index is 12.7. The first-order valence-corrected chi connectivity index (χ1v) is 12.3. The first-order valence-electron chi connectivity index (χ1n) is 11.0. The highest BCUT2D eigenvalue weighted by atomic mass is 35.5. The van der Waals surface area contributed by atoms with Crippen molar-refractivity contribution >= 4 is 41.0 Å². The van der Waals surface area contributed by atoms with Gasteiger partial charge in [0.05, 0.1) is 4.91 Å². The molecule has 2 N–H and O–H groups in total. The van der Waals surface area contributed by atoms with Crippen molar-refractivity contribution in [3.8, 4) is 5.69 Å². The van der Waals surface area contributed by atoms with E-state index in [1.807, 2.05) is 31.2 Å². The van der Waals surface area contributed by atoms with Crippen molar-refractivity contribution < 1.29 is 4.79 Å². The Labute approximate surface area is 205 Å². The Bertz CT molecular complexity index is 1240. The Hall–Kier alpha value is -2.63. The highest BCUT2D eigenvalue weighted by Gasteiger charge is 2.28. The molecule has 4 nitrogen and oxygen atoms in total. The molecule has 1 aliphatic heterocycles. The molecule has 2 aromatic carbocycles. The maximum atomic E-state index is 12.7. The van der Waals surface area contributed by atoms with Crippen molar-refractivity contribution in [3.05, 3.63) is 86.5 Å². The van der Waals surface area contributed by atoms with Crippen LogP contribution < -0.4 is 10.6 Å². The number of aromatic nitrogens is 1. The Balaban J connectivity index is 1.57. The Morgan fingerprint density at radius 2 is 1.76 bits per heavy atom. The number of rotatable bonds is 4. The molecule has 1 amide bonds. The quantitative estimate of drug-likeness (QED) is 0.398. The van der Waals surface area contributed by atoms with Crippen molar-refractivity contribution in [2.24, 2.45) is 0 Å². The van der Waals surface area contributed by atoms with Crippen molar-refractivity contribution in [3.63, 3.8) is 0 Å². The van der Waals surface area contributed by atoms with Gasteiger partial charge in [0.25, 0.3) is 5.91 Å². The summed E-state index contributed by atoms with van der Waals surface area (Å²) in [5.74, 6) is -0.0727. The van der Waals surface area contributed by atoms with Gasteiger partial charge in [-0.3, -0.25) is 4.79 Å². The number of thioether (sulfide) groups is 1. The van der Waals surface area contributed by atoms with Gasteiger partial charge in [0.1, 0.15) is 0 Å². The standard InChI is InChI=1S/C27H30ClN3OS/c1-16-7-10-21(28)15-23(16)29-26-30-25(32)24(33-26)14-19-13-17(2)31(18(19)3)22-11-8-20(9-12-22)27(4,5)6/h7-15,26,29H,1-6H3,(H,30,32)/b24-14-. The first-order chi connectivity index (χ1) is 15.5. The number of aryl methyl sites for hydroxylation is 2. The van der Waals surface area contributed by atoms with Gasteiger partial charge in [0.15, 0.2) is 5.50 Å². The summed E-state index contributed by atoms with van der Waals surface area (Å²) in [5.41, 5.74) is 7.60. The average Bonchev–Trinajstić information content (AvgIpc) is 3.22. The van der Waals surface area contributed by atoms with Gasteiger partial charge in [-0.25, -0.2) is 0 Å². The van der Waals surface area contributed by atoms with E-state index in [0.717, 1.165) is 33.9 Å². The van der Waals surface area contributed by atoms with Gasteiger partial charge in [-0.1, -0.05) is 62.3 Å². The highest BCUT2D eigenvalue weighted by Crippen LogP contribution is 2.33. The average molecular weight is 480 g/mol. The molecule has 33 heavy (non-hydrogen) atoms. The van der Waals surface area contributed by atoms with Crippen LogP contribution in [-0.2, 0) is 10.2 Å². The van der Waals surface area contributed by atoms with Crippen LogP contribution in [-0.4, -0.2) is 16.0 Å². The molecular formula is C27H30ClN3OS. The monoisotopic (exact) mass is 479 g/mol. The van der Waals surface area contributed by atoms with E-state index in [9.17, 15) is 4.79 Å². The zero-order valence-corrected chi connectivity index (χ0v) is 21.5. The van der Waals surface area contributed by atoms with E-state index in [0.29, 0.717) is 9.93 Å². The number of anilines is 1. The number of hydrogen-bond acceptors (Lipinski definition) is 3. The van der Waals surface area contributed by atoms with Crippen LogP contribution in [0.15, 0.2) is 53.4 Å². The molecule has 1 saturated heterocycles. The Morgan fingerprint density at radius 1 is 1.06 bits per heavy atom. The van der Waals surface area contributed by atoms with Crippen molar-refractivity contribution in [2.75, 3.05) is 5.32 Å². The van der Waals surface area contributed by atoms with E-state index < -0.39 is 0 Å². The van der Waals surface area contributed by atoms with Gasteiger partial charge in [-0.15, -0.1) is 0 Å². The first kappa shape index (κ1) is 23.5. The minimum absolute atomic E-state index is 0.0727. The van der Waals surface area contributed by atoms with E-state index in [4.69, 9.17) is 11.6 Å². The smallest absolute Gasteiger partial charge is 0.260 e. The lowest BCUT2D eigenvalue weighted by atomic mass is 9.87. The summed E-state index contributed by atoms with van der Waals surface area (Å²) in [4.78, 5) is 13.4. The fourth-order valence-electron chi connectivity index (χ4n) is 4.04. The van der Waals surface area contributed by atoms with Gasteiger partial charge in [-0.05, 0) is 79.3 Å². The number of benzene rings is 2. The molecule has 1 aromatic heterocycles. The number of carbonyl (C=O) groups excluding carboxylic acids is 1. The summed E-state index contributed by atoms with van der Waals surface area (Å²) in [6.07, 6.45) is 1.98. The van der Waals surface area contributed by atoms with Crippen LogP contribution in [0.3, 0.4) is 0 Å². The second-order valence-corrected chi connectivity index (χ2v) is 11.1. The number of carbonyl (C=O) groups is 1. The lowest BCUT2D eigenvalue weighted by Gasteiger charge is -2.20. The lowest BCUT2D eigenvalue weighted by molar-refractivity contribution is -0.116. The summed E-state index contributed by atoms with van der Waals surface area (Å²) < 4.78 is 2.24. The van der Waals surface area contributed by atoms with Gasteiger partial charge in [0, 0.05) is 27.8 Å². The summed E-state index contributed by atoms with van der Waals surface area (Å²) in [6.45, 7) is 12.9. The molecule has 1 fully saturated rings. The molecule has 0 spiro atoms.